The van der Waals surface area contributed by atoms with E-state index in [0.717, 1.165) is 9.87 Å². The smallest absolute Gasteiger partial charge is 0.264 e. The lowest BCUT2D eigenvalue weighted by atomic mass is 10.1. The van der Waals surface area contributed by atoms with Gasteiger partial charge in [0.1, 0.15) is 18.5 Å². The SMILES string of the molecule is Cc1ccc(S(=O)(=O)N(CC(=O)NCc2cccc(C=O)c2)c2cccc(N=O)c2C)cc1. The molecule has 9 heteroatoms. The average molecular weight is 466 g/mol. The normalized spacial score (nSPS) is 11.0. The number of nitrogens with one attached hydrogen (secondary N) is 1. The van der Waals surface area contributed by atoms with E-state index in [1.54, 1.807) is 43.3 Å². The molecule has 8 nitrogen and oxygen atoms in total. The number of aldehydes is 1. The van der Waals surface area contributed by atoms with Gasteiger partial charge >= 0.3 is 0 Å². The van der Waals surface area contributed by atoms with E-state index >= 15 is 0 Å². The van der Waals surface area contributed by atoms with Crippen LogP contribution in [0.1, 0.15) is 27.0 Å². The largest absolute Gasteiger partial charge is 0.350 e. The first kappa shape index (κ1) is 23.8. The number of hydrogen-bond acceptors (Lipinski definition) is 6. The van der Waals surface area contributed by atoms with Crippen molar-refractivity contribution in [2.45, 2.75) is 25.3 Å². The van der Waals surface area contributed by atoms with Gasteiger partial charge in [-0.3, -0.25) is 13.9 Å². The molecule has 0 atom stereocenters. The van der Waals surface area contributed by atoms with Gasteiger partial charge in [-0.25, -0.2) is 8.42 Å². The van der Waals surface area contributed by atoms with Gasteiger partial charge in [0.2, 0.25) is 5.91 Å². The first-order valence-corrected chi connectivity index (χ1v) is 11.5. The Kier molecular flexibility index (Phi) is 7.34. The van der Waals surface area contributed by atoms with Gasteiger partial charge in [0.05, 0.1) is 10.6 Å². The van der Waals surface area contributed by atoms with Crippen molar-refractivity contribution in [2.24, 2.45) is 5.18 Å². The first-order valence-electron chi connectivity index (χ1n) is 10.1. The molecule has 0 bridgehead atoms. The highest BCUT2D eigenvalue weighted by molar-refractivity contribution is 7.92. The zero-order chi connectivity index (χ0) is 24.0. The van der Waals surface area contributed by atoms with Crippen LogP contribution in [-0.4, -0.2) is 27.2 Å². The monoisotopic (exact) mass is 465 g/mol. The Morgan fingerprint density at radius 1 is 1.03 bits per heavy atom. The Morgan fingerprint density at radius 2 is 1.73 bits per heavy atom. The van der Waals surface area contributed by atoms with Crippen LogP contribution >= 0.6 is 0 Å². The quantitative estimate of drug-likeness (QED) is 0.379. The highest BCUT2D eigenvalue weighted by atomic mass is 32.2. The average Bonchev–Trinajstić information content (AvgIpc) is 2.82. The van der Waals surface area contributed by atoms with Crippen LogP contribution < -0.4 is 9.62 Å². The number of nitrogens with zero attached hydrogens (tertiary/aromatic N) is 2. The predicted octanol–water partition coefficient (Wildman–Crippen LogP) is 4.03. The Hall–Kier alpha value is -3.85. The van der Waals surface area contributed by atoms with Gasteiger partial charge in [-0.1, -0.05) is 42.0 Å². The summed E-state index contributed by atoms with van der Waals surface area (Å²) < 4.78 is 27.9. The van der Waals surface area contributed by atoms with E-state index in [4.69, 9.17) is 0 Å². The lowest BCUT2D eigenvalue weighted by molar-refractivity contribution is -0.119. The number of amides is 1. The molecule has 0 saturated heterocycles. The number of aryl methyl sites for hydroxylation is 1. The fourth-order valence-electron chi connectivity index (χ4n) is 3.28. The summed E-state index contributed by atoms with van der Waals surface area (Å²) in [7, 11) is -4.12. The molecule has 3 aromatic rings. The second-order valence-corrected chi connectivity index (χ2v) is 9.34. The number of hydrogen-bond donors (Lipinski definition) is 1. The summed E-state index contributed by atoms with van der Waals surface area (Å²) in [5, 5.41) is 5.64. The number of rotatable bonds is 9. The summed E-state index contributed by atoms with van der Waals surface area (Å²) in [6, 6.07) is 17.5. The van der Waals surface area contributed by atoms with Crippen molar-refractivity contribution in [1.82, 2.24) is 5.32 Å². The number of carbonyl (C=O) groups excluding carboxylic acids is 2. The van der Waals surface area contributed by atoms with Crippen molar-refractivity contribution in [3.8, 4) is 0 Å². The van der Waals surface area contributed by atoms with Crippen molar-refractivity contribution in [2.75, 3.05) is 10.8 Å². The number of benzene rings is 3. The third-order valence-corrected chi connectivity index (χ3v) is 6.89. The maximum atomic E-state index is 13.5. The topological polar surface area (TPSA) is 113 Å². The van der Waals surface area contributed by atoms with Crippen molar-refractivity contribution in [3.63, 3.8) is 0 Å². The second kappa shape index (κ2) is 10.2. The minimum Gasteiger partial charge on any atom is -0.350 e. The van der Waals surface area contributed by atoms with E-state index in [9.17, 15) is 22.9 Å². The van der Waals surface area contributed by atoms with Crippen LogP contribution in [0.4, 0.5) is 11.4 Å². The summed E-state index contributed by atoms with van der Waals surface area (Å²) in [6.07, 6.45) is 0.706. The summed E-state index contributed by atoms with van der Waals surface area (Å²) in [4.78, 5) is 34.9. The van der Waals surface area contributed by atoms with E-state index < -0.39 is 22.5 Å². The van der Waals surface area contributed by atoms with Gasteiger partial charge in [0, 0.05) is 17.7 Å². The van der Waals surface area contributed by atoms with Gasteiger partial charge in [0.15, 0.2) is 0 Å². The molecule has 3 rings (SSSR count). The van der Waals surface area contributed by atoms with E-state index in [2.05, 4.69) is 10.5 Å². The van der Waals surface area contributed by atoms with Crippen molar-refractivity contribution in [3.05, 3.63) is 93.9 Å². The van der Waals surface area contributed by atoms with Gasteiger partial charge in [-0.2, -0.15) is 0 Å². The van der Waals surface area contributed by atoms with E-state index in [0.29, 0.717) is 23.0 Å². The van der Waals surface area contributed by atoms with Crippen LogP contribution in [0, 0.1) is 18.8 Å². The van der Waals surface area contributed by atoms with Crippen molar-refractivity contribution in [1.29, 1.82) is 0 Å². The predicted molar refractivity (Wildman–Crippen MR) is 126 cm³/mol. The van der Waals surface area contributed by atoms with Gasteiger partial charge in [-0.15, -0.1) is 4.91 Å². The molecule has 0 heterocycles. The molecule has 33 heavy (non-hydrogen) atoms. The fraction of sp³-hybridized carbons (Fsp3) is 0.167. The van der Waals surface area contributed by atoms with Crippen LogP contribution in [0.2, 0.25) is 0 Å². The van der Waals surface area contributed by atoms with Gasteiger partial charge in [0.25, 0.3) is 10.0 Å². The highest BCUT2D eigenvalue weighted by Crippen LogP contribution is 2.32. The molecule has 0 aliphatic carbocycles. The summed E-state index contributed by atoms with van der Waals surface area (Å²) in [5.74, 6) is -0.550. The van der Waals surface area contributed by atoms with Crippen LogP contribution in [0.25, 0.3) is 0 Å². The number of nitroso groups, excluding NO2 is 1. The van der Waals surface area contributed by atoms with Gasteiger partial charge < -0.3 is 5.32 Å². The minimum atomic E-state index is -4.12. The molecule has 0 aromatic heterocycles. The first-order chi connectivity index (χ1) is 15.8. The van der Waals surface area contributed by atoms with Crippen LogP contribution in [-0.2, 0) is 21.4 Å². The van der Waals surface area contributed by atoms with Crippen LogP contribution in [0.3, 0.4) is 0 Å². The molecular formula is C24H23N3O5S. The summed E-state index contributed by atoms with van der Waals surface area (Å²) >= 11 is 0. The summed E-state index contributed by atoms with van der Waals surface area (Å²) in [5.41, 5.74) is 2.67. The molecule has 0 aliphatic heterocycles. The summed E-state index contributed by atoms with van der Waals surface area (Å²) in [6.45, 7) is 3.03. The molecule has 3 aromatic carbocycles. The van der Waals surface area contributed by atoms with Crippen LogP contribution in [0.15, 0.2) is 76.8 Å². The van der Waals surface area contributed by atoms with Gasteiger partial charge in [-0.05, 0) is 54.9 Å². The Morgan fingerprint density at radius 3 is 2.39 bits per heavy atom. The number of anilines is 1. The van der Waals surface area contributed by atoms with Crippen molar-refractivity contribution >= 4 is 33.6 Å². The Labute approximate surface area is 192 Å². The van der Waals surface area contributed by atoms with E-state index in [1.807, 2.05) is 6.92 Å². The minimum absolute atomic E-state index is 0.0171. The molecule has 170 valence electrons. The molecule has 1 amide bonds. The third-order valence-electron chi connectivity index (χ3n) is 5.12. The number of carbonyl (C=O) groups is 2. The Bertz CT molecular complexity index is 1290. The maximum Gasteiger partial charge on any atom is 0.264 e. The lowest BCUT2D eigenvalue weighted by Gasteiger charge is -2.26. The molecule has 0 fully saturated rings. The highest BCUT2D eigenvalue weighted by Gasteiger charge is 2.29. The molecule has 0 saturated carbocycles. The van der Waals surface area contributed by atoms with Crippen LogP contribution in [0.5, 0.6) is 0 Å². The van der Waals surface area contributed by atoms with E-state index in [-0.39, 0.29) is 22.8 Å². The van der Waals surface area contributed by atoms with Crippen molar-refractivity contribution < 1.29 is 18.0 Å². The van der Waals surface area contributed by atoms with E-state index in [1.165, 1.54) is 30.3 Å². The second-order valence-electron chi connectivity index (χ2n) is 7.48. The zero-order valence-corrected chi connectivity index (χ0v) is 19.0. The molecule has 0 unspecified atom stereocenters. The number of sulfonamides is 1. The molecule has 0 spiro atoms. The molecular weight excluding hydrogens is 442 g/mol. The zero-order valence-electron chi connectivity index (χ0n) is 18.2. The lowest BCUT2D eigenvalue weighted by Crippen LogP contribution is -2.41. The molecule has 0 radical (unpaired) electrons. The molecule has 0 aliphatic rings. The molecule has 1 N–H and O–H groups in total. The third kappa shape index (κ3) is 5.50. The maximum absolute atomic E-state index is 13.5. The fourth-order valence-corrected chi connectivity index (χ4v) is 4.76. The standard InChI is InChI=1S/C24H23N3O5S/c1-17-9-11-21(12-10-17)33(31,32)27(23-8-4-7-22(26-30)18(23)2)15-24(29)25-14-19-5-3-6-20(13-19)16-28/h3-13,16H,14-15H2,1-2H3,(H,25,29). The Balaban J connectivity index is 1.93.